The second-order valence-electron chi connectivity index (χ2n) is 6.10. The van der Waals surface area contributed by atoms with Crippen LogP contribution in [0, 0.1) is 12.7 Å². The third-order valence-corrected chi connectivity index (χ3v) is 4.28. The number of aryl methyl sites for hydroxylation is 1. The van der Waals surface area contributed by atoms with Crippen LogP contribution in [0.25, 0.3) is 33.8 Å². The van der Waals surface area contributed by atoms with Gasteiger partial charge in [-0.3, -0.25) is 0 Å². The Balaban J connectivity index is 1.67. The van der Waals surface area contributed by atoms with Gasteiger partial charge in [-0.2, -0.15) is 0 Å². The molecule has 0 aliphatic heterocycles. The van der Waals surface area contributed by atoms with E-state index in [-0.39, 0.29) is 11.6 Å². The first-order valence-corrected chi connectivity index (χ1v) is 8.23. The quantitative estimate of drug-likeness (QED) is 0.406. The molecule has 0 unspecified atom stereocenters. The first-order chi connectivity index (χ1) is 12.2. The van der Waals surface area contributed by atoms with Crippen molar-refractivity contribution in [3.05, 3.63) is 96.3 Å². The zero-order chi connectivity index (χ0) is 17.2. The first kappa shape index (κ1) is 15.4. The highest BCUT2D eigenvalue weighted by atomic mass is 19.1. The van der Waals surface area contributed by atoms with Crippen molar-refractivity contribution in [1.29, 1.82) is 0 Å². The Kier molecular flexibility index (Phi) is 3.95. The van der Waals surface area contributed by atoms with Gasteiger partial charge in [0.1, 0.15) is 5.76 Å². The highest BCUT2D eigenvalue weighted by molar-refractivity contribution is 5.70. The van der Waals surface area contributed by atoms with E-state index in [4.69, 9.17) is 4.42 Å². The number of halogens is 1. The third-order valence-electron chi connectivity index (χ3n) is 4.28. The van der Waals surface area contributed by atoms with Gasteiger partial charge < -0.3 is 4.42 Å². The van der Waals surface area contributed by atoms with E-state index in [2.05, 4.69) is 12.1 Å². The summed E-state index contributed by atoms with van der Waals surface area (Å²) in [4.78, 5) is 0. The summed E-state index contributed by atoms with van der Waals surface area (Å²) in [5, 5.41) is 0. The van der Waals surface area contributed by atoms with Crippen molar-refractivity contribution < 1.29 is 8.81 Å². The maximum atomic E-state index is 14.4. The van der Waals surface area contributed by atoms with Gasteiger partial charge in [0.25, 0.3) is 0 Å². The first-order valence-electron chi connectivity index (χ1n) is 8.23. The van der Waals surface area contributed by atoms with Crippen molar-refractivity contribution in [2.75, 3.05) is 0 Å². The molecule has 1 nitrogen and oxygen atoms in total. The summed E-state index contributed by atoms with van der Waals surface area (Å²) in [5.74, 6) is 0.470. The Bertz CT molecular complexity index is 981. The molecule has 0 aliphatic rings. The molecule has 0 spiro atoms. The average Bonchev–Trinajstić information content (AvgIpc) is 3.05. The van der Waals surface area contributed by atoms with E-state index in [0.717, 1.165) is 27.8 Å². The molecule has 2 heteroatoms. The summed E-state index contributed by atoms with van der Waals surface area (Å²) < 4.78 is 20.2. The molecule has 1 heterocycles. The van der Waals surface area contributed by atoms with E-state index in [0.29, 0.717) is 5.76 Å². The molecule has 1 aromatic heterocycles. The Morgan fingerprint density at radius 2 is 1.20 bits per heavy atom. The number of benzene rings is 3. The van der Waals surface area contributed by atoms with E-state index >= 15 is 0 Å². The number of furan rings is 1. The van der Waals surface area contributed by atoms with Crippen LogP contribution >= 0.6 is 0 Å². The van der Waals surface area contributed by atoms with Crippen LogP contribution in [0.1, 0.15) is 5.56 Å². The maximum absolute atomic E-state index is 14.4. The van der Waals surface area contributed by atoms with Crippen molar-refractivity contribution in [2.24, 2.45) is 0 Å². The van der Waals surface area contributed by atoms with Crippen molar-refractivity contribution in [1.82, 2.24) is 0 Å². The molecule has 0 aliphatic carbocycles. The molecule has 0 amide bonds. The monoisotopic (exact) mass is 328 g/mol. The molecule has 25 heavy (non-hydrogen) atoms. The van der Waals surface area contributed by atoms with Crippen LogP contribution < -0.4 is 0 Å². The lowest BCUT2D eigenvalue weighted by molar-refractivity contribution is 0.558. The van der Waals surface area contributed by atoms with Gasteiger partial charge in [0.15, 0.2) is 11.6 Å². The minimum absolute atomic E-state index is 0.273. The van der Waals surface area contributed by atoms with Crippen LogP contribution in [-0.4, -0.2) is 0 Å². The molecule has 4 aromatic rings. The average molecular weight is 328 g/mol. The third kappa shape index (κ3) is 3.11. The second kappa shape index (κ2) is 6.40. The molecule has 3 aromatic carbocycles. The molecular formula is C23H17FO. The lowest BCUT2D eigenvalue weighted by atomic mass is 10.0. The normalized spacial score (nSPS) is 10.8. The Morgan fingerprint density at radius 1 is 0.640 bits per heavy atom. The fourth-order valence-electron chi connectivity index (χ4n) is 2.87. The maximum Gasteiger partial charge on any atom is 0.170 e. The van der Waals surface area contributed by atoms with Gasteiger partial charge in [0, 0.05) is 17.2 Å². The predicted molar refractivity (Wildman–Crippen MR) is 99.7 cm³/mol. The van der Waals surface area contributed by atoms with Crippen molar-refractivity contribution >= 4 is 0 Å². The zero-order valence-corrected chi connectivity index (χ0v) is 13.9. The molecule has 0 N–H and O–H groups in total. The molecule has 4 rings (SSSR count). The van der Waals surface area contributed by atoms with Crippen LogP contribution in [0.5, 0.6) is 0 Å². The highest BCUT2D eigenvalue weighted by Crippen LogP contribution is 2.32. The Labute approximate surface area is 146 Å². The highest BCUT2D eigenvalue weighted by Gasteiger charge is 2.14. The Hall–Kier alpha value is -3.13. The summed E-state index contributed by atoms with van der Waals surface area (Å²) in [6.07, 6.45) is 0. The fraction of sp³-hybridized carbons (Fsp3) is 0.0435. The van der Waals surface area contributed by atoms with Gasteiger partial charge in [0.05, 0.1) is 0 Å². The van der Waals surface area contributed by atoms with Gasteiger partial charge in [0.2, 0.25) is 0 Å². The summed E-state index contributed by atoms with van der Waals surface area (Å²) in [6.45, 7) is 2.02. The molecule has 0 radical (unpaired) electrons. The summed E-state index contributed by atoms with van der Waals surface area (Å²) in [6, 6.07) is 27.2. The topological polar surface area (TPSA) is 13.1 Å². The van der Waals surface area contributed by atoms with Crippen molar-refractivity contribution in [3.63, 3.8) is 0 Å². The summed E-state index contributed by atoms with van der Waals surface area (Å²) >= 11 is 0. The van der Waals surface area contributed by atoms with Gasteiger partial charge in [-0.05, 0) is 18.1 Å². The predicted octanol–water partition coefficient (Wildman–Crippen LogP) is 6.73. The van der Waals surface area contributed by atoms with Gasteiger partial charge in [-0.1, -0.05) is 84.4 Å². The number of rotatable bonds is 3. The van der Waals surface area contributed by atoms with Gasteiger partial charge in [-0.15, -0.1) is 0 Å². The van der Waals surface area contributed by atoms with Gasteiger partial charge >= 0.3 is 0 Å². The molecule has 0 fully saturated rings. The lowest BCUT2D eigenvalue weighted by Gasteiger charge is -2.03. The fourth-order valence-corrected chi connectivity index (χ4v) is 2.87. The van der Waals surface area contributed by atoms with E-state index in [1.54, 1.807) is 0 Å². The molecular weight excluding hydrogens is 311 g/mol. The minimum atomic E-state index is -0.344. The molecule has 0 bridgehead atoms. The van der Waals surface area contributed by atoms with Crippen LogP contribution in [0.15, 0.2) is 89.3 Å². The van der Waals surface area contributed by atoms with Crippen LogP contribution in [0.3, 0.4) is 0 Å². The minimum Gasteiger partial charge on any atom is -0.453 e. The van der Waals surface area contributed by atoms with E-state index in [1.807, 2.05) is 73.7 Å². The lowest BCUT2D eigenvalue weighted by Crippen LogP contribution is -1.80. The Morgan fingerprint density at radius 3 is 1.88 bits per heavy atom. The zero-order valence-electron chi connectivity index (χ0n) is 13.9. The number of hydrogen-bond acceptors (Lipinski definition) is 1. The summed E-state index contributed by atoms with van der Waals surface area (Å²) in [7, 11) is 0. The summed E-state index contributed by atoms with van der Waals surface area (Å²) in [5.41, 5.74) is 4.99. The molecule has 122 valence electrons. The molecule has 0 atom stereocenters. The van der Waals surface area contributed by atoms with Crippen molar-refractivity contribution in [2.45, 2.75) is 6.92 Å². The van der Waals surface area contributed by atoms with E-state index in [9.17, 15) is 4.39 Å². The smallest absolute Gasteiger partial charge is 0.170 e. The molecule has 0 saturated carbocycles. The van der Waals surface area contributed by atoms with Crippen LogP contribution in [-0.2, 0) is 0 Å². The van der Waals surface area contributed by atoms with Crippen molar-refractivity contribution in [3.8, 4) is 33.8 Å². The van der Waals surface area contributed by atoms with Crippen LogP contribution in [0.2, 0.25) is 0 Å². The van der Waals surface area contributed by atoms with Crippen LogP contribution in [0.4, 0.5) is 4.39 Å². The standard InChI is InChI=1S/C23H17FO/c1-16-7-9-19(10-8-16)22-15-21(24)23(25-22)20-13-11-18(12-14-20)17-5-3-2-4-6-17/h2-15H,1H3. The van der Waals surface area contributed by atoms with E-state index in [1.165, 1.54) is 6.07 Å². The SMILES string of the molecule is Cc1ccc(-c2cc(F)c(-c3ccc(-c4ccccc4)cc3)o2)cc1. The largest absolute Gasteiger partial charge is 0.453 e. The second-order valence-corrected chi connectivity index (χ2v) is 6.10. The number of hydrogen-bond donors (Lipinski definition) is 0. The van der Waals surface area contributed by atoms with Gasteiger partial charge in [-0.25, -0.2) is 4.39 Å². The molecule has 0 saturated heterocycles. The van der Waals surface area contributed by atoms with E-state index < -0.39 is 0 Å².